The summed E-state index contributed by atoms with van der Waals surface area (Å²) in [5, 5.41) is 0.474. The van der Waals surface area contributed by atoms with E-state index in [0.29, 0.717) is 16.3 Å². The molecule has 2 aromatic carbocycles. The van der Waals surface area contributed by atoms with Gasteiger partial charge in [0, 0.05) is 25.4 Å². The van der Waals surface area contributed by atoms with Gasteiger partial charge in [-0.1, -0.05) is 29.8 Å². The lowest BCUT2D eigenvalue weighted by Crippen LogP contribution is -2.22. The highest BCUT2D eigenvalue weighted by atomic mass is 35.5. The van der Waals surface area contributed by atoms with Gasteiger partial charge in [-0.3, -0.25) is 9.69 Å². The molecular weight excluding hydrogens is 324 g/mol. The van der Waals surface area contributed by atoms with Crippen molar-refractivity contribution in [3.05, 3.63) is 58.7 Å². The number of hydrogen-bond donors (Lipinski definition) is 0. The van der Waals surface area contributed by atoms with E-state index >= 15 is 0 Å². The minimum absolute atomic E-state index is 0.0522. The number of fused-ring (bicyclic) bond motifs is 1. The molecule has 0 aromatic heterocycles. The fourth-order valence-electron chi connectivity index (χ4n) is 2.84. The first-order valence-electron chi connectivity index (χ1n) is 7.61. The molecular formula is C19H19ClN2O2. The van der Waals surface area contributed by atoms with Crippen LogP contribution in [0.2, 0.25) is 5.02 Å². The molecule has 124 valence electrons. The molecule has 0 spiro atoms. The van der Waals surface area contributed by atoms with Crippen LogP contribution in [0, 0.1) is 0 Å². The molecule has 4 nitrogen and oxygen atoms in total. The van der Waals surface area contributed by atoms with E-state index in [2.05, 4.69) is 0 Å². The molecule has 0 atom stereocenters. The Morgan fingerprint density at radius 1 is 1.17 bits per heavy atom. The van der Waals surface area contributed by atoms with Crippen LogP contribution in [0.25, 0.3) is 5.57 Å². The Morgan fingerprint density at radius 3 is 2.50 bits per heavy atom. The average molecular weight is 343 g/mol. The van der Waals surface area contributed by atoms with E-state index in [9.17, 15) is 4.79 Å². The minimum Gasteiger partial charge on any atom is -0.495 e. The third-order valence-electron chi connectivity index (χ3n) is 4.26. The molecule has 1 aliphatic rings. The summed E-state index contributed by atoms with van der Waals surface area (Å²) in [6.07, 6.45) is 0. The molecule has 0 aliphatic carbocycles. The summed E-state index contributed by atoms with van der Waals surface area (Å²) in [7, 11) is 5.44. The Kier molecular flexibility index (Phi) is 4.24. The third-order valence-corrected chi connectivity index (χ3v) is 4.55. The Balaban J connectivity index is 2.19. The standard InChI is InChI=1S/C19H19ClN2O2/c1-12(21(2)3)18-14-7-5-6-8-16(14)22(19(18)23)13-9-10-17(24-4)15(20)11-13/h5-11H,1-4H3/b18-12-. The van der Waals surface area contributed by atoms with E-state index in [-0.39, 0.29) is 5.91 Å². The van der Waals surface area contributed by atoms with Crippen molar-refractivity contribution in [1.29, 1.82) is 0 Å². The number of para-hydroxylation sites is 1. The zero-order valence-electron chi connectivity index (χ0n) is 14.1. The van der Waals surface area contributed by atoms with Crippen molar-refractivity contribution in [2.75, 3.05) is 26.1 Å². The number of anilines is 2. The van der Waals surface area contributed by atoms with Gasteiger partial charge in [0.25, 0.3) is 5.91 Å². The molecule has 5 heteroatoms. The van der Waals surface area contributed by atoms with Crippen LogP contribution < -0.4 is 9.64 Å². The Labute approximate surface area is 146 Å². The Bertz CT molecular complexity index is 843. The molecule has 0 bridgehead atoms. The molecule has 0 radical (unpaired) electrons. The zero-order valence-corrected chi connectivity index (χ0v) is 14.9. The molecule has 2 aromatic rings. The smallest absolute Gasteiger partial charge is 0.265 e. The van der Waals surface area contributed by atoms with Crippen LogP contribution in [0.4, 0.5) is 11.4 Å². The van der Waals surface area contributed by atoms with E-state index in [1.54, 1.807) is 24.1 Å². The Morgan fingerprint density at radius 2 is 1.88 bits per heavy atom. The number of nitrogens with zero attached hydrogens (tertiary/aromatic N) is 2. The lowest BCUT2D eigenvalue weighted by molar-refractivity contribution is -0.112. The van der Waals surface area contributed by atoms with Gasteiger partial charge in [-0.15, -0.1) is 0 Å². The van der Waals surface area contributed by atoms with Crippen molar-refractivity contribution in [2.24, 2.45) is 0 Å². The van der Waals surface area contributed by atoms with Gasteiger partial charge < -0.3 is 9.64 Å². The first kappa shape index (κ1) is 16.4. The summed E-state index contributed by atoms with van der Waals surface area (Å²) >= 11 is 6.25. The van der Waals surface area contributed by atoms with Crippen molar-refractivity contribution < 1.29 is 9.53 Å². The second-order valence-corrected chi connectivity index (χ2v) is 6.24. The van der Waals surface area contributed by atoms with Crippen LogP contribution >= 0.6 is 11.6 Å². The number of amides is 1. The predicted molar refractivity (Wildman–Crippen MR) is 97.9 cm³/mol. The van der Waals surface area contributed by atoms with Crippen LogP contribution in [0.1, 0.15) is 12.5 Å². The summed E-state index contributed by atoms with van der Waals surface area (Å²) in [6, 6.07) is 13.2. The molecule has 0 N–H and O–H groups in total. The lowest BCUT2D eigenvalue weighted by Gasteiger charge is -2.19. The molecule has 0 saturated heterocycles. The second kappa shape index (κ2) is 6.21. The number of carbonyl (C=O) groups excluding carboxylic acids is 1. The van der Waals surface area contributed by atoms with Crippen molar-refractivity contribution in [2.45, 2.75) is 6.92 Å². The SMILES string of the molecule is COc1ccc(N2C(=O)/C(=C(/C)N(C)C)c3ccccc32)cc1Cl. The van der Waals surface area contributed by atoms with E-state index in [0.717, 1.165) is 22.6 Å². The summed E-state index contributed by atoms with van der Waals surface area (Å²) in [4.78, 5) is 16.8. The highest BCUT2D eigenvalue weighted by Gasteiger charge is 2.35. The van der Waals surface area contributed by atoms with Crippen LogP contribution in [-0.2, 0) is 4.79 Å². The summed E-state index contributed by atoms with van der Waals surface area (Å²) in [6.45, 7) is 1.95. The van der Waals surface area contributed by atoms with Crippen LogP contribution in [0.5, 0.6) is 5.75 Å². The van der Waals surface area contributed by atoms with Crippen LogP contribution in [0.3, 0.4) is 0 Å². The topological polar surface area (TPSA) is 32.8 Å². The average Bonchev–Trinajstić information content (AvgIpc) is 2.85. The van der Waals surface area contributed by atoms with E-state index in [1.807, 2.05) is 56.3 Å². The minimum atomic E-state index is -0.0522. The van der Waals surface area contributed by atoms with Crippen molar-refractivity contribution in [1.82, 2.24) is 4.90 Å². The van der Waals surface area contributed by atoms with Gasteiger partial charge in [0.05, 0.1) is 29.1 Å². The first-order valence-corrected chi connectivity index (χ1v) is 7.99. The van der Waals surface area contributed by atoms with Gasteiger partial charge in [-0.05, 0) is 31.2 Å². The van der Waals surface area contributed by atoms with Gasteiger partial charge in [0.2, 0.25) is 0 Å². The monoisotopic (exact) mass is 342 g/mol. The number of benzene rings is 2. The van der Waals surface area contributed by atoms with Gasteiger partial charge in [0.1, 0.15) is 5.75 Å². The predicted octanol–water partition coefficient (Wildman–Crippen LogP) is 4.32. The lowest BCUT2D eigenvalue weighted by atomic mass is 10.1. The first-order chi connectivity index (χ1) is 11.5. The largest absolute Gasteiger partial charge is 0.495 e. The van der Waals surface area contributed by atoms with Crippen LogP contribution in [0.15, 0.2) is 48.2 Å². The molecule has 0 unspecified atom stereocenters. The maximum absolute atomic E-state index is 13.1. The van der Waals surface area contributed by atoms with Crippen molar-refractivity contribution >= 4 is 34.5 Å². The number of hydrogen-bond acceptors (Lipinski definition) is 3. The second-order valence-electron chi connectivity index (χ2n) is 5.83. The van der Waals surface area contributed by atoms with E-state index in [4.69, 9.17) is 16.3 Å². The number of ether oxygens (including phenoxy) is 1. The highest BCUT2D eigenvalue weighted by Crippen LogP contribution is 2.44. The number of rotatable bonds is 3. The molecule has 1 amide bonds. The summed E-state index contributed by atoms with van der Waals surface area (Å²) < 4.78 is 5.20. The maximum Gasteiger partial charge on any atom is 0.265 e. The molecule has 24 heavy (non-hydrogen) atoms. The molecule has 1 aliphatic heterocycles. The fourth-order valence-corrected chi connectivity index (χ4v) is 3.09. The molecule has 0 fully saturated rings. The van der Waals surface area contributed by atoms with Crippen molar-refractivity contribution in [3.63, 3.8) is 0 Å². The summed E-state index contributed by atoms with van der Waals surface area (Å²) in [5.74, 6) is 0.532. The summed E-state index contributed by atoms with van der Waals surface area (Å²) in [5.41, 5.74) is 4.15. The van der Waals surface area contributed by atoms with Crippen LogP contribution in [-0.4, -0.2) is 32.0 Å². The number of allylic oxidation sites excluding steroid dienone is 1. The normalized spacial score (nSPS) is 15.4. The molecule has 0 saturated carbocycles. The van der Waals surface area contributed by atoms with Crippen molar-refractivity contribution in [3.8, 4) is 5.75 Å². The highest BCUT2D eigenvalue weighted by molar-refractivity contribution is 6.36. The molecule has 3 rings (SSSR count). The Hall–Kier alpha value is -2.46. The quantitative estimate of drug-likeness (QED) is 0.779. The van der Waals surface area contributed by atoms with Gasteiger partial charge in [-0.2, -0.15) is 0 Å². The molecule has 1 heterocycles. The zero-order chi connectivity index (χ0) is 17.4. The number of halogens is 1. The van der Waals surface area contributed by atoms with Gasteiger partial charge in [-0.25, -0.2) is 0 Å². The van der Waals surface area contributed by atoms with E-state index < -0.39 is 0 Å². The maximum atomic E-state index is 13.1. The number of methoxy groups -OCH3 is 1. The number of carbonyl (C=O) groups is 1. The van der Waals surface area contributed by atoms with Gasteiger partial charge >= 0.3 is 0 Å². The van der Waals surface area contributed by atoms with E-state index in [1.165, 1.54) is 0 Å². The third kappa shape index (κ3) is 2.53. The van der Waals surface area contributed by atoms with Gasteiger partial charge in [0.15, 0.2) is 0 Å². The fraction of sp³-hybridized carbons (Fsp3) is 0.211.